The zero-order valence-corrected chi connectivity index (χ0v) is 18.6. The summed E-state index contributed by atoms with van der Waals surface area (Å²) in [5.41, 5.74) is 3.26. The first-order valence-electron chi connectivity index (χ1n) is 10.9. The number of benzene rings is 3. The van der Waals surface area contributed by atoms with E-state index in [1.165, 1.54) is 6.07 Å². The maximum absolute atomic E-state index is 14.3. The van der Waals surface area contributed by atoms with Crippen LogP contribution in [0.15, 0.2) is 78.9 Å². The fraction of sp³-hybridized carbons (Fsp3) is 0.259. The lowest BCUT2D eigenvalue weighted by atomic mass is 10.0. The molecule has 1 N–H and O–H groups in total. The summed E-state index contributed by atoms with van der Waals surface area (Å²) in [5, 5.41) is 2.87. The molecule has 0 aliphatic carbocycles. The molecule has 0 aromatic heterocycles. The lowest BCUT2D eigenvalue weighted by Crippen LogP contribution is -2.51. The number of carbonyl (C=O) groups is 2. The topological polar surface area (TPSA) is 49.4 Å². The van der Waals surface area contributed by atoms with E-state index in [0.717, 1.165) is 16.7 Å². The first kappa shape index (κ1) is 23.2. The van der Waals surface area contributed by atoms with Gasteiger partial charge in [-0.15, -0.1) is 0 Å². The maximum atomic E-state index is 14.3. The van der Waals surface area contributed by atoms with Crippen molar-refractivity contribution in [2.45, 2.75) is 39.3 Å². The van der Waals surface area contributed by atoms with Crippen LogP contribution in [0.5, 0.6) is 0 Å². The molecule has 0 bridgehead atoms. The predicted molar refractivity (Wildman–Crippen MR) is 124 cm³/mol. The summed E-state index contributed by atoms with van der Waals surface area (Å²) in [5.74, 6) is -0.924. The minimum absolute atomic E-state index is 0.108. The van der Waals surface area contributed by atoms with Gasteiger partial charge in [-0.25, -0.2) is 4.39 Å². The number of nitrogens with zero attached hydrogens (tertiary/aromatic N) is 1. The molecule has 0 saturated carbocycles. The zero-order valence-electron chi connectivity index (χ0n) is 18.6. The largest absolute Gasteiger partial charge is 0.355 e. The highest BCUT2D eigenvalue weighted by molar-refractivity contribution is 5.88. The molecule has 3 rings (SSSR count). The van der Waals surface area contributed by atoms with Gasteiger partial charge in [0.2, 0.25) is 11.8 Å². The molecule has 0 saturated heterocycles. The smallest absolute Gasteiger partial charge is 0.243 e. The molecular formula is C27H29FN2O2. The van der Waals surface area contributed by atoms with Crippen molar-refractivity contribution in [3.05, 3.63) is 107 Å². The average molecular weight is 433 g/mol. The molecule has 0 fully saturated rings. The predicted octanol–water partition coefficient (Wildman–Crippen LogP) is 4.45. The minimum atomic E-state index is -0.712. The first-order valence-corrected chi connectivity index (χ1v) is 10.9. The van der Waals surface area contributed by atoms with Crippen molar-refractivity contribution >= 4 is 11.8 Å². The number of hydrogen-bond donors (Lipinski definition) is 1. The fourth-order valence-electron chi connectivity index (χ4n) is 3.72. The normalized spacial score (nSPS) is 11.6. The minimum Gasteiger partial charge on any atom is -0.355 e. The number of aryl methyl sites for hydroxylation is 1. The Bertz CT molecular complexity index is 1050. The third-order valence-corrected chi connectivity index (χ3v) is 5.52. The van der Waals surface area contributed by atoms with Crippen LogP contribution in [0.2, 0.25) is 0 Å². The molecule has 2 amide bonds. The van der Waals surface area contributed by atoms with E-state index in [4.69, 9.17) is 0 Å². The summed E-state index contributed by atoms with van der Waals surface area (Å²) in [7, 11) is 0. The van der Waals surface area contributed by atoms with Crippen molar-refractivity contribution in [2.75, 3.05) is 6.54 Å². The van der Waals surface area contributed by atoms with Gasteiger partial charge in [-0.1, -0.05) is 72.8 Å². The Morgan fingerprint density at radius 2 is 1.53 bits per heavy atom. The Labute approximate surface area is 189 Å². The molecule has 3 aromatic carbocycles. The van der Waals surface area contributed by atoms with E-state index in [-0.39, 0.29) is 24.8 Å². The lowest BCUT2D eigenvalue weighted by molar-refractivity contribution is -0.140. The molecule has 0 radical (unpaired) electrons. The Kier molecular flexibility index (Phi) is 8.14. The monoisotopic (exact) mass is 432 g/mol. The van der Waals surface area contributed by atoms with Gasteiger partial charge in [0.25, 0.3) is 0 Å². The quantitative estimate of drug-likeness (QED) is 0.543. The summed E-state index contributed by atoms with van der Waals surface area (Å²) in [6.45, 7) is 4.57. The summed E-state index contributed by atoms with van der Waals surface area (Å²) in [6, 6.07) is 23.0. The van der Waals surface area contributed by atoms with Crippen LogP contribution in [0.4, 0.5) is 4.39 Å². The molecular weight excluding hydrogens is 403 g/mol. The van der Waals surface area contributed by atoms with Crippen LogP contribution < -0.4 is 5.32 Å². The highest BCUT2D eigenvalue weighted by Crippen LogP contribution is 2.19. The number of hydrogen-bond acceptors (Lipinski definition) is 2. The summed E-state index contributed by atoms with van der Waals surface area (Å²) < 4.78 is 14.3. The van der Waals surface area contributed by atoms with Gasteiger partial charge in [-0.2, -0.15) is 0 Å². The fourth-order valence-corrected chi connectivity index (χ4v) is 3.72. The molecule has 32 heavy (non-hydrogen) atoms. The molecule has 0 heterocycles. The van der Waals surface area contributed by atoms with Crippen LogP contribution in [0, 0.1) is 12.7 Å². The van der Waals surface area contributed by atoms with E-state index in [2.05, 4.69) is 5.32 Å². The van der Waals surface area contributed by atoms with E-state index in [1.807, 2.05) is 68.4 Å². The molecule has 4 nitrogen and oxygen atoms in total. The molecule has 0 aliphatic heterocycles. The number of nitrogens with one attached hydrogen (secondary N) is 1. The molecule has 3 aromatic rings. The Morgan fingerprint density at radius 3 is 2.19 bits per heavy atom. The molecule has 1 atom stereocenters. The number of rotatable bonds is 9. The van der Waals surface area contributed by atoms with Crippen molar-refractivity contribution in [3.63, 3.8) is 0 Å². The second kappa shape index (κ2) is 11.2. The van der Waals surface area contributed by atoms with Crippen molar-refractivity contribution in [1.29, 1.82) is 0 Å². The molecule has 1 unspecified atom stereocenters. The zero-order chi connectivity index (χ0) is 22.9. The summed E-state index contributed by atoms with van der Waals surface area (Å²) >= 11 is 0. The Morgan fingerprint density at radius 1 is 0.906 bits per heavy atom. The van der Waals surface area contributed by atoms with Crippen LogP contribution in [0.1, 0.15) is 29.2 Å². The third kappa shape index (κ3) is 6.03. The van der Waals surface area contributed by atoms with Crippen molar-refractivity contribution in [1.82, 2.24) is 10.2 Å². The van der Waals surface area contributed by atoms with Crippen molar-refractivity contribution in [3.8, 4) is 0 Å². The van der Waals surface area contributed by atoms with Crippen molar-refractivity contribution in [2.24, 2.45) is 0 Å². The van der Waals surface area contributed by atoms with Crippen LogP contribution in [-0.2, 0) is 29.0 Å². The van der Waals surface area contributed by atoms with Crippen molar-refractivity contribution < 1.29 is 14.0 Å². The lowest BCUT2D eigenvalue weighted by Gasteiger charge is -2.32. The molecule has 5 heteroatoms. The van der Waals surface area contributed by atoms with E-state index in [0.29, 0.717) is 18.5 Å². The summed E-state index contributed by atoms with van der Waals surface area (Å²) in [6.07, 6.45) is 0.269. The van der Waals surface area contributed by atoms with Crippen LogP contribution >= 0.6 is 0 Å². The van der Waals surface area contributed by atoms with Gasteiger partial charge in [0, 0.05) is 19.5 Å². The number of halogens is 1. The standard InChI is InChI=1S/C27H29FN2O2/c1-3-29-27(32)25(17-21-12-5-4-6-13-21)30(19-23-15-8-7-11-20(23)2)26(31)18-22-14-9-10-16-24(22)28/h4-16,25H,3,17-19H2,1-2H3,(H,29,32). The van der Waals surface area contributed by atoms with E-state index in [1.54, 1.807) is 23.1 Å². The Hall–Kier alpha value is -3.47. The van der Waals surface area contributed by atoms with Gasteiger partial charge in [-0.05, 0) is 42.2 Å². The van der Waals surface area contributed by atoms with E-state index < -0.39 is 11.9 Å². The maximum Gasteiger partial charge on any atom is 0.243 e. The van der Waals surface area contributed by atoms with E-state index >= 15 is 0 Å². The summed E-state index contributed by atoms with van der Waals surface area (Å²) in [4.78, 5) is 28.2. The molecule has 0 spiro atoms. The van der Waals surface area contributed by atoms with Crippen LogP contribution in [-0.4, -0.2) is 29.3 Å². The van der Waals surface area contributed by atoms with Gasteiger partial charge in [0.15, 0.2) is 0 Å². The second-order valence-electron chi connectivity index (χ2n) is 7.82. The molecule has 166 valence electrons. The van der Waals surface area contributed by atoms with Gasteiger partial charge in [-0.3, -0.25) is 9.59 Å². The second-order valence-corrected chi connectivity index (χ2v) is 7.82. The van der Waals surface area contributed by atoms with Gasteiger partial charge in [0.1, 0.15) is 11.9 Å². The number of likely N-dealkylation sites (N-methyl/N-ethyl adjacent to an activating group) is 1. The van der Waals surface area contributed by atoms with Gasteiger partial charge in [0.05, 0.1) is 6.42 Å². The Balaban J connectivity index is 1.98. The SMILES string of the molecule is CCNC(=O)C(Cc1ccccc1)N(Cc1ccccc1C)C(=O)Cc1ccccc1F. The first-order chi connectivity index (χ1) is 15.5. The highest BCUT2D eigenvalue weighted by Gasteiger charge is 2.30. The van der Waals surface area contributed by atoms with Gasteiger partial charge < -0.3 is 10.2 Å². The number of amides is 2. The molecule has 0 aliphatic rings. The van der Waals surface area contributed by atoms with Crippen LogP contribution in [0.3, 0.4) is 0 Å². The highest BCUT2D eigenvalue weighted by atomic mass is 19.1. The van der Waals surface area contributed by atoms with E-state index in [9.17, 15) is 14.0 Å². The number of carbonyl (C=O) groups excluding carboxylic acids is 2. The van der Waals surface area contributed by atoms with Crippen LogP contribution in [0.25, 0.3) is 0 Å². The van der Waals surface area contributed by atoms with Gasteiger partial charge >= 0.3 is 0 Å². The average Bonchev–Trinajstić information content (AvgIpc) is 2.79. The third-order valence-electron chi connectivity index (χ3n) is 5.52.